The minimum atomic E-state index is -1.17. The molecule has 1 aromatic carbocycles. The van der Waals surface area contributed by atoms with E-state index in [1.165, 1.54) is 4.90 Å². The van der Waals surface area contributed by atoms with Gasteiger partial charge >= 0.3 is 5.97 Å². The van der Waals surface area contributed by atoms with E-state index in [9.17, 15) is 19.5 Å². The SMILES string of the molecule is C=CCCCOC(=O)[C@@H]1[C@H]2C(=O)N([C@@H](CO)C(C)C)C(C(=O)N(CC=C)Cc3ccccc3)C23CC[C@@]1(C)O3. The Morgan fingerprint density at radius 3 is 2.56 bits per heavy atom. The van der Waals surface area contributed by atoms with Crippen LogP contribution in [0.3, 0.4) is 0 Å². The lowest BCUT2D eigenvalue weighted by atomic mass is 9.66. The van der Waals surface area contributed by atoms with Gasteiger partial charge in [0, 0.05) is 13.1 Å². The highest BCUT2D eigenvalue weighted by atomic mass is 16.6. The topological polar surface area (TPSA) is 96.4 Å². The van der Waals surface area contributed by atoms with E-state index < -0.39 is 41.1 Å². The summed E-state index contributed by atoms with van der Waals surface area (Å²) in [6.45, 7) is 13.8. The number of unbranched alkanes of at least 4 members (excludes halogenated alkanes) is 1. The molecule has 8 nitrogen and oxygen atoms in total. The molecule has 2 bridgehead atoms. The van der Waals surface area contributed by atoms with Crippen molar-refractivity contribution in [1.29, 1.82) is 0 Å². The largest absolute Gasteiger partial charge is 0.465 e. The van der Waals surface area contributed by atoms with Crippen molar-refractivity contribution in [3.63, 3.8) is 0 Å². The van der Waals surface area contributed by atoms with Crippen molar-refractivity contribution < 1.29 is 29.0 Å². The van der Waals surface area contributed by atoms with Crippen LogP contribution in [0.2, 0.25) is 0 Å². The molecule has 1 N–H and O–H groups in total. The Hall–Kier alpha value is -2.97. The van der Waals surface area contributed by atoms with Gasteiger partial charge in [0.15, 0.2) is 0 Å². The molecule has 3 heterocycles. The van der Waals surface area contributed by atoms with Gasteiger partial charge in [-0.3, -0.25) is 14.4 Å². The average Bonchev–Trinajstić information content (AvgIpc) is 3.48. The molecule has 1 spiro atoms. The van der Waals surface area contributed by atoms with E-state index in [1.54, 1.807) is 17.1 Å². The molecule has 4 rings (SSSR count). The number of nitrogens with zero attached hydrogens (tertiary/aromatic N) is 2. The molecule has 8 heteroatoms. The average molecular weight is 539 g/mol. The summed E-state index contributed by atoms with van der Waals surface area (Å²) in [7, 11) is 0. The molecule has 3 aliphatic rings. The quantitative estimate of drug-likeness (QED) is 0.235. The number of ether oxygens (including phenoxy) is 2. The summed E-state index contributed by atoms with van der Waals surface area (Å²) in [5.74, 6) is -2.85. The molecule has 1 aromatic rings. The number of aliphatic hydroxyl groups is 1. The molecule has 212 valence electrons. The predicted molar refractivity (Wildman–Crippen MR) is 147 cm³/mol. The normalized spacial score (nSPS) is 29.8. The van der Waals surface area contributed by atoms with Crippen molar-refractivity contribution in [3.05, 3.63) is 61.2 Å². The molecular weight excluding hydrogens is 496 g/mol. The number of benzene rings is 1. The maximum absolute atomic E-state index is 14.5. The Labute approximate surface area is 231 Å². The summed E-state index contributed by atoms with van der Waals surface area (Å²) in [4.78, 5) is 45.4. The van der Waals surface area contributed by atoms with Crippen LogP contribution in [0.25, 0.3) is 0 Å². The van der Waals surface area contributed by atoms with E-state index in [-0.39, 0.29) is 37.5 Å². The third-order valence-electron chi connectivity index (χ3n) is 8.69. The summed E-state index contributed by atoms with van der Waals surface area (Å²) < 4.78 is 12.3. The molecule has 3 aliphatic heterocycles. The zero-order chi connectivity index (χ0) is 28.4. The Morgan fingerprint density at radius 1 is 1.23 bits per heavy atom. The number of carbonyl (C=O) groups excluding carboxylic acids is 3. The first-order chi connectivity index (χ1) is 18.6. The van der Waals surface area contributed by atoms with Crippen LogP contribution in [-0.2, 0) is 30.4 Å². The number of hydrogen-bond acceptors (Lipinski definition) is 6. The highest BCUT2D eigenvalue weighted by molar-refractivity contribution is 5.98. The lowest BCUT2D eigenvalue weighted by molar-refractivity contribution is -0.162. The maximum atomic E-state index is 14.5. The zero-order valence-corrected chi connectivity index (χ0v) is 23.4. The van der Waals surface area contributed by atoms with Crippen molar-refractivity contribution in [2.24, 2.45) is 17.8 Å². The summed E-state index contributed by atoms with van der Waals surface area (Å²) in [6, 6.07) is 8.07. The number of fused-ring (bicyclic) bond motifs is 1. The number of esters is 1. The van der Waals surface area contributed by atoms with Crippen LogP contribution >= 0.6 is 0 Å². The lowest BCUT2D eigenvalue weighted by Gasteiger charge is -2.40. The molecule has 0 aromatic heterocycles. The lowest BCUT2D eigenvalue weighted by Crippen LogP contribution is -2.59. The third-order valence-corrected chi connectivity index (χ3v) is 8.69. The van der Waals surface area contributed by atoms with E-state index in [0.29, 0.717) is 25.8 Å². The standard InChI is InChI=1S/C31H42N2O6/c1-6-8-12-18-38-29(37)25-24-27(35)33(23(20-34)21(3)4)26(31(24)16-15-30(25,5)39-31)28(36)32(17-7-2)19-22-13-10-9-11-14-22/h6-7,9-11,13-14,21,23-26,34H,1-2,8,12,15-20H2,3-5H3/t23-,24-,25-,26?,30+,31?/m0/s1. The van der Waals surface area contributed by atoms with Gasteiger partial charge in [0.05, 0.1) is 30.8 Å². The first kappa shape index (κ1) is 29.0. The van der Waals surface area contributed by atoms with E-state index in [4.69, 9.17) is 9.47 Å². The molecular formula is C31H42N2O6. The third kappa shape index (κ3) is 5.05. The second-order valence-corrected chi connectivity index (χ2v) is 11.6. The second-order valence-electron chi connectivity index (χ2n) is 11.6. The highest BCUT2D eigenvalue weighted by Crippen LogP contribution is 2.64. The predicted octanol–water partition coefficient (Wildman–Crippen LogP) is 3.49. The van der Waals surface area contributed by atoms with Gasteiger partial charge in [-0.1, -0.05) is 56.3 Å². The van der Waals surface area contributed by atoms with E-state index in [2.05, 4.69) is 13.2 Å². The van der Waals surface area contributed by atoms with Gasteiger partial charge in [-0.15, -0.1) is 13.2 Å². The Balaban J connectivity index is 1.74. The number of aliphatic hydroxyl groups excluding tert-OH is 1. The van der Waals surface area contributed by atoms with Gasteiger partial charge in [0.25, 0.3) is 0 Å². The molecule has 0 aliphatic carbocycles. The van der Waals surface area contributed by atoms with Crippen LogP contribution in [0, 0.1) is 17.8 Å². The van der Waals surface area contributed by atoms with Gasteiger partial charge < -0.3 is 24.4 Å². The fourth-order valence-electron chi connectivity index (χ4n) is 6.83. The number of carbonyl (C=O) groups is 3. The van der Waals surface area contributed by atoms with E-state index in [0.717, 1.165) is 12.0 Å². The van der Waals surface area contributed by atoms with Gasteiger partial charge in [-0.05, 0) is 44.1 Å². The van der Waals surface area contributed by atoms with Crippen molar-refractivity contribution in [2.75, 3.05) is 19.8 Å². The first-order valence-electron chi connectivity index (χ1n) is 14.0. The Bertz CT molecular complexity index is 1090. The zero-order valence-electron chi connectivity index (χ0n) is 23.4. The van der Waals surface area contributed by atoms with Gasteiger partial charge in [0.1, 0.15) is 17.6 Å². The minimum absolute atomic E-state index is 0.122. The first-order valence-corrected chi connectivity index (χ1v) is 14.0. The van der Waals surface area contributed by atoms with Crippen LogP contribution in [-0.4, -0.2) is 75.7 Å². The molecule has 0 radical (unpaired) electrons. The molecule has 3 saturated heterocycles. The number of rotatable bonds is 13. The summed E-state index contributed by atoms with van der Waals surface area (Å²) in [5.41, 5.74) is -1.13. The monoisotopic (exact) mass is 538 g/mol. The van der Waals surface area contributed by atoms with Crippen molar-refractivity contribution in [1.82, 2.24) is 9.80 Å². The smallest absolute Gasteiger partial charge is 0.312 e. The van der Waals surface area contributed by atoms with Crippen LogP contribution in [0.15, 0.2) is 55.6 Å². The summed E-state index contributed by atoms with van der Waals surface area (Å²) in [5, 5.41) is 10.4. The Kier molecular flexibility index (Phi) is 8.66. The number of likely N-dealkylation sites (tertiary alicyclic amines) is 1. The fraction of sp³-hybridized carbons (Fsp3) is 0.581. The number of allylic oxidation sites excluding steroid dienone is 1. The van der Waals surface area contributed by atoms with Gasteiger partial charge in [-0.2, -0.15) is 0 Å². The number of amides is 2. The maximum Gasteiger partial charge on any atom is 0.312 e. The van der Waals surface area contributed by atoms with Crippen molar-refractivity contribution >= 4 is 17.8 Å². The van der Waals surface area contributed by atoms with E-state index in [1.807, 2.05) is 51.1 Å². The minimum Gasteiger partial charge on any atom is -0.465 e. The van der Waals surface area contributed by atoms with Crippen molar-refractivity contribution in [2.45, 2.75) is 76.3 Å². The van der Waals surface area contributed by atoms with Crippen LogP contribution in [0.1, 0.15) is 52.0 Å². The van der Waals surface area contributed by atoms with Crippen LogP contribution in [0.5, 0.6) is 0 Å². The van der Waals surface area contributed by atoms with Gasteiger partial charge in [0.2, 0.25) is 11.8 Å². The molecule has 2 unspecified atom stereocenters. The molecule has 3 fully saturated rings. The fourth-order valence-corrected chi connectivity index (χ4v) is 6.83. The second kappa shape index (κ2) is 11.6. The summed E-state index contributed by atoms with van der Waals surface area (Å²) >= 11 is 0. The Morgan fingerprint density at radius 2 is 1.95 bits per heavy atom. The van der Waals surface area contributed by atoms with Crippen LogP contribution < -0.4 is 0 Å². The molecule has 2 amide bonds. The highest BCUT2D eigenvalue weighted by Gasteiger charge is 2.79. The summed E-state index contributed by atoms with van der Waals surface area (Å²) in [6.07, 6.45) is 5.80. The van der Waals surface area contributed by atoms with Gasteiger partial charge in [-0.25, -0.2) is 0 Å². The molecule has 6 atom stereocenters. The van der Waals surface area contributed by atoms with Crippen LogP contribution in [0.4, 0.5) is 0 Å². The van der Waals surface area contributed by atoms with E-state index >= 15 is 0 Å². The molecule has 39 heavy (non-hydrogen) atoms. The number of hydrogen-bond donors (Lipinski definition) is 1. The molecule has 0 saturated carbocycles. The van der Waals surface area contributed by atoms with Crippen molar-refractivity contribution in [3.8, 4) is 0 Å².